The van der Waals surface area contributed by atoms with Gasteiger partial charge in [-0.3, -0.25) is 4.79 Å². The standard InChI is InChI=1S/C29H59NO5/c1-3-5-7-9-11-12-13-14-15-16-17-19-21-23-27(33)29(35)30-25(24-31)28(34)26(32)22-20-18-10-8-6-4-2/h25-28,31-34H,3-24H2,1-2H3,(H,30,35). The lowest BCUT2D eigenvalue weighted by Gasteiger charge is -2.27. The van der Waals surface area contributed by atoms with E-state index in [1.807, 2.05) is 0 Å². The molecule has 210 valence electrons. The predicted octanol–water partition coefficient (Wildman–Crippen LogP) is 5.78. The van der Waals surface area contributed by atoms with E-state index >= 15 is 0 Å². The van der Waals surface area contributed by atoms with E-state index in [2.05, 4.69) is 19.2 Å². The Balaban J connectivity index is 3.85. The molecule has 0 bridgehead atoms. The highest BCUT2D eigenvalue weighted by molar-refractivity contribution is 5.80. The van der Waals surface area contributed by atoms with Crippen LogP contribution in [0.5, 0.6) is 0 Å². The van der Waals surface area contributed by atoms with Crippen molar-refractivity contribution in [2.75, 3.05) is 6.61 Å². The Morgan fingerprint density at radius 2 is 0.971 bits per heavy atom. The van der Waals surface area contributed by atoms with Crippen LogP contribution in [0, 0.1) is 0 Å². The quantitative estimate of drug-likeness (QED) is 0.0965. The molecule has 35 heavy (non-hydrogen) atoms. The molecule has 4 atom stereocenters. The molecular weight excluding hydrogens is 442 g/mol. The van der Waals surface area contributed by atoms with E-state index in [9.17, 15) is 25.2 Å². The van der Waals surface area contributed by atoms with Gasteiger partial charge >= 0.3 is 0 Å². The first-order chi connectivity index (χ1) is 17.0. The van der Waals surface area contributed by atoms with Gasteiger partial charge in [-0.1, -0.05) is 136 Å². The number of hydrogen-bond acceptors (Lipinski definition) is 5. The molecule has 0 aromatic heterocycles. The van der Waals surface area contributed by atoms with Gasteiger partial charge in [0.15, 0.2) is 0 Å². The third kappa shape index (κ3) is 20.1. The third-order valence-corrected chi connectivity index (χ3v) is 7.07. The van der Waals surface area contributed by atoms with Gasteiger partial charge in [0.25, 0.3) is 0 Å². The molecule has 0 aromatic carbocycles. The van der Waals surface area contributed by atoms with Crippen LogP contribution in [-0.4, -0.2) is 57.3 Å². The van der Waals surface area contributed by atoms with Crippen LogP contribution in [0.3, 0.4) is 0 Å². The Morgan fingerprint density at radius 3 is 1.37 bits per heavy atom. The van der Waals surface area contributed by atoms with Crippen LogP contribution in [0.25, 0.3) is 0 Å². The SMILES string of the molecule is CCCCCCCCCCCCCCCC(O)C(=O)NC(CO)C(O)C(O)CCCCCCCC. The fraction of sp³-hybridized carbons (Fsp3) is 0.966. The average molecular weight is 502 g/mol. The summed E-state index contributed by atoms with van der Waals surface area (Å²) in [6, 6.07) is -0.973. The molecule has 0 aromatic rings. The maximum Gasteiger partial charge on any atom is 0.249 e. The van der Waals surface area contributed by atoms with E-state index in [4.69, 9.17) is 0 Å². The Labute approximate surface area is 216 Å². The van der Waals surface area contributed by atoms with E-state index in [0.717, 1.165) is 38.5 Å². The van der Waals surface area contributed by atoms with Crippen LogP contribution in [0.4, 0.5) is 0 Å². The largest absolute Gasteiger partial charge is 0.394 e. The molecule has 0 radical (unpaired) electrons. The number of carbonyl (C=O) groups is 1. The molecule has 1 amide bonds. The fourth-order valence-electron chi connectivity index (χ4n) is 4.58. The number of carbonyl (C=O) groups excluding carboxylic acids is 1. The minimum absolute atomic E-state index is 0.373. The first-order valence-corrected chi connectivity index (χ1v) is 14.9. The Kier molecular flexibility index (Phi) is 24.5. The summed E-state index contributed by atoms with van der Waals surface area (Å²) in [6.45, 7) is 3.93. The second kappa shape index (κ2) is 25.0. The molecular formula is C29H59NO5. The summed E-state index contributed by atoms with van der Waals surface area (Å²) < 4.78 is 0. The average Bonchev–Trinajstić information content (AvgIpc) is 2.86. The van der Waals surface area contributed by atoms with Crippen molar-refractivity contribution in [3.05, 3.63) is 0 Å². The van der Waals surface area contributed by atoms with Gasteiger partial charge in [0.2, 0.25) is 5.91 Å². The summed E-state index contributed by atoms with van der Waals surface area (Å²) >= 11 is 0. The zero-order valence-corrected chi connectivity index (χ0v) is 23.1. The van der Waals surface area contributed by atoms with E-state index in [0.29, 0.717) is 12.8 Å². The van der Waals surface area contributed by atoms with Crippen molar-refractivity contribution in [3.8, 4) is 0 Å². The van der Waals surface area contributed by atoms with E-state index in [-0.39, 0.29) is 0 Å². The minimum atomic E-state index is -1.25. The van der Waals surface area contributed by atoms with Gasteiger partial charge in [0.05, 0.1) is 18.8 Å². The highest BCUT2D eigenvalue weighted by Crippen LogP contribution is 2.15. The number of hydrogen-bond donors (Lipinski definition) is 5. The van der Waals surface area contributed by atoms with Crippen molar-refractivity contribution >= 4 is 5.91 Å². The first kappa shape index (κ1) is 34.3. The summed E-state index contributed by atoms with van der Waals surface area (Å²) in [7, 11) is 0. The highest BCUT2D eigenvalue weighted by atomic mass is 16.3. The summed E-state index contributed by atoms with van der Waals surface area (Å²) in [5.41, 5.74) is 0. The molecule has 6 nitrogen and oxygen atoms in total. The Morgan fingerprint density at radius 1 is 0.600 bits per heavy atom. The molecule has 6 heteroatoms. The second-order valence-corrected chi connectivity index (χ2v) is 10.5. The molecule has 5 N–H and O–H groups in total. The van der Waals surface area contributed by atoms with Crippen LogP contribution >= 0.6 is 0 Å². The first-order valence-electron chi connectivity index (χ1n) is 14.9. The van der Waals surface area contributed by atoms with Gasteiger partial charge in [-0.15, -0.1) is 0 Å². The maximum absolute atomic E-state index is 12.3. The van der Waals surface area contributed by atoms with Gasteiger partial charge in [-0.05, 0) is 12.8 Å². The number of aliphatic hydroxyl groups excluding tert-OH is 4. The maximum atomic E-state index is 12.3. The summed E-state index contributed by atoms with van der Waals surface area (Å²) in [5.74, 6) is -0.589. The molecule has 0 fully saturated rings. The van der Waals surface area contributed by atoms with Crippen LogP contribution in [0.15, 0.2) is 0 Å². The summed E-state index contributed by atoms with van der Waals surface area (Å²) in [4.78, 5) is 12.3. The number of unbranched alkanes of at least 4 members (excludes halogenated alkanes) is 17. The molecule has 0 saturated heterocycles. The van der Waals surface area contributed by atoms with E-state index in [1.165, 1.54) is 83.5 Å². The van der Waals surface area contributed by atoms with E-state index in [1.54, 1.807) is 0 Å². The molecule has 0 rings (SSSR count). The monoisotopic (exact) mass is 501 g/mol. The summed E-state index contributed by atoms with van der Waals surface area (Å²) in [5, 5.41) is 42.8. The van der Waals surface area contributed by atoms with Crippen LogP contribution in [0.1, 0.15) is 149 Å². The van der Waals surface area contributed by atoms with Crippen molar-refractivity contribution in [1.29, 1.82) is 0 Å². The van der Waals surface area contributed by atoms with Crippen LogP contribution in [0.2, 0.25) is 0 Å². The predicted molar refractivity (Wildman–Crippen MR) is 145 cm³/mol. The number of rotatable bonds is 26. The van der Waals surface area contributed by atoms with Gasteiger partial charge in [-0.25, -0.2) is 0 Å². The molecule has 0 saturated carbocycles. The fourth-order valence-corrected chi connectivity index (χ4v) is 4.58. The van der Waals surface area contributed by atoms with Crippen LogP contribution < -0.4 is 5.32 Å². The zero-order chi connectivity index (χ0) is 26.2. The molecule has 0 heterocycles. The van der Waals surface area contributed by atoms with Crippen molar-refractivity contribution in [2.45, 2.75) is 173 Å². The van der Waals surface area contributed by atoms with E-state index < -0.39 is 36.9 Å². The number of amides is 1. The van der Waals surface area contributed by atoms with Crippen molar-refractivity contribution in [2.24, 2.45) is 0 Å². The van der Waals surface area contributed by atoms with Crippen molar-refractivity contribution in [1.82, 2.24) is 5.32 Å². The lowest BCUT2D eigenvalue weighted by atomic mass is 9.99. The normalized spacial score (nSPS) is 15.0. The topological polar surface area (TPSA) is 110 Å². The highest BCUT2D eigenvalue weighted by Gasteiger charge is 2.28. The number of aliphatic hydroxyl groups is 4. The van der Waals surface area contributed by atoms with Crippen molar-refractivity contribution < 1.29 is 25.2 Å². The van der Waals surface area contributed by atoms with Gasteiger partial charge < -0.3 is 25.7 Å². The molecule has 4 unspecified atom stereocenters. The zero-order valence-electron chi connectivity index (χ0n) is 23.1. The van der Waals surface area contributed by atoms with Crippen LogP contribution in [-0.2, 0) is 4.79 Å². The van der Waals surface area contributed by atoms with Gasteiger partial charge in [0, 0.05) is 0 Å². The molecule has 0 spiro atoms. The molecule has 0 aliphatic carbocycles. The van der Waals surface area contributed by atoms with Crippen molar-refractivity contribution in [3.63, 3.8) is 0 Å². The molecule has 0 aliphatic heterocycles. The third-order valence-electron chi connectivity index (χ3n) is 7.07. The Hall–Kier alpha value is -0.690. The second-order valence-electron chi connectivity index (χ2n) is 10.5. The lowest BCUT2D eigenvalue weighted by Crippen LogP contribution is -2.53. The number of nitrogens with one attached hydrogen (secondary N) is 1. The lowest BCUT2D eigenvalue weighted by molar-refractivity contribution is -0.132. The Bertz CT molecular complexity index is 462. The van der Waals surface area contributed by atoms with Gasteiger partial charge in [-0.2, -0.15) is 0 Å². The molecule has 0 aliphatic rings. The minimum Gasteiger partial charge on any atom is -0.394 e. The summed E-state index contributed by atoms with van der Waals surface area (Å²) in [6.07, 6.45) is 20.0. The smallest absolute Gasteiger partial charge is 0.249 e. The van der Waals surface area contributed by atoms with Gasteiger partial charge in [0.1, 0.15) is 12.2 Å².